The fourth-order valence-electron chi connectivity index (χ4n) is 3.33. The van der Waals surface area contributed by atoms with Crippen LogP contribution in [0.1, 0.15) is 46.5 Å². The molecule has 1 fully saturated rings. The topological polar surface area (TPSA) is 98.5 Å². The Bertz CT molecular complexity index is 480. The number of amides is 1. The Morgan fingerprint density at radius 2 is 1.91 bits per heavy atom. The summed E-state index contributed by atoms with van der Waals surface area (Å²) in [6.45, 7) is 6.86. The van der Waals surface area contributed by atoms with Crippen molar-refractivity contribution in [2.75, 3.05) is 18.6 Å². The van der Waals surface area contributed by atoms with Crippen LogP contribution in [0.2, 0.25) is 0 Å². The second-order valence-corrected chi connectivity index (χ2v) is 8.47. The van der Waals surface area contributed by atoms with Gasteiger partial charge in [0.05, 0.1) is 17.9 Å². The number of sulfone groups is 1. The molecule has 3 N–H and O–H groups in total. The summed E-state index contributed by atoms with van der Waals surface area (Å²) in [6.07, 6.45) is 4.12. The second-order valence-electron chi connectivity index (χ2n) is 6.21. The predicted octanol–water partition coefficient (Wildman–Crippen LogP) is 1.27. The summed E-state index contributed by atoms with van der Waals surface area (Å²) in [5.74, 6) is -0.338. The number of hydrogen-bond acceptors (Lipinski definition) is 5. The van der Waals surface area contributed by atoms with Gasteiger partial charge in [0.25, 0.3) is 0 Å². The number of halogens is 1. The molecular formula is C15H31ClN2O4S. The van der Waals surface area contributed by atoms with Gasteiger partial charge in [-0.1, -0.05) is 13.8 Å². The van der Waals surface area contributed by atoms with E-state index in [9.17, 15) is 13.2 Å². The maximum Gasteiger partial charge on any atom is 0.237 e. The van der Waals surface area contributed by atoms with Crippen molar-refractivity contribution in [2.45, 2.75) is 64.6 Å². The lowest BCUT2D eigenvalue weighted by Gasteiger charge is -2.55. The first-order valence-corrected chi connectivity index (χ1v) is 10.1. The number of carbonyl (C=O) groups is 1. The molecule has 0 aromatic carbocycles. The Morgan fingerprint density at radius 3 is 2.35 bits per heavy atom. The first-order valence-electron chi connectivity index (χ1n) is 8.05. The Balaban J connectivity index is 0.00000484. The van der Waals surface area contributed by atoms with Crippen LogP contribution >= 0.6 is 12.4 Å². The lowest BCUT2D eigenvalue weighted by Crippen LogP contribution is -2.65. The molecule has 23 heavy (non-hydrogen) atoms. The molecular weight excluding hydrogens is 340 g/mol. The van der Waals surface area contributed by atoms with Gasteiger partial charge in [-0.25, -0.2) is 8.42 Å². The normalized spacial score (nSPS) is 24.2. The average molecular weight is 371 g/mol. The number of carbonyl (C=O) groups excluding carboxylic acids is 1. The van der Waals surface area contributed by atoms with Gasteiger partial charge in [-0.15, -0.1) is 12.4 Å². The summed E-state index contributed by atoms with van der Waals surface area (Å²) in [6, 6.07) is -0.733. The maximum absolute atomic E-state index is 12.2. The van der Waals surface area contributed by atoms with Gasteiger partial charge in [0, 0.05) is 24.3 Å². The first-order chi connectivity index (χ1) is 10.2. The Morgan fingerprint density at radius 1 is 1.35 bits per heavy atom. The largest absolute Gasteiger partial charge is 0.378 e. The quantitative estimate of drug-likeness (QED) is 0.636. The molecule has 1 rings (SSSR count). The molecule has 6 nitrogen and oxygen atoms in total. The van der Waals surface area contributed by atoms with E-state index in [2.05, 4.69) is 19.2 Å². The number of rotatable bonds is 9. The van der Waals surface area contributed by atoms with Gasteiger partial charge in [0.15, 0.2) is 0 Å². The Hall–Kier alpha value is -0.370. The van der Waals surface area contributed by atoms with Crippen LogP contribution in [0, 0.1) is 5.41 Å². The minimum atomic E-state index is -3.10. The van der Waals surface area contributed by atoms with Gasteiger partial charge in [0.1, 0.15) is 9.84 Å². The number of nitrogens with two attached hydrogens (primary N) is 1. The minimum absolute atomic E-state index is 0. The molecule has 0 heterocycles. The van der Waals surface area contributed by atoms with E-state index in [0.717, 1.165) is 25.5 Å². The van der Waals surface area contributed by atoms with Crippen LogP contribution in [-0.4, -0.2) is 51.1 Å². The zero-order valence-electron chi connectivity index (χ0n) is 14.5. The van der Waals surface area contributed by atoms with Gasteiger partial charge in [-0.05, 0) is 32.6 Å². The molecule has 8 heteroatoms. The SMILES string of the molecule is CCOC1CC(NC(=O)C(N)CCS(C)(=O)=O)C1(CC)CC.Cl. The van der Waals surface area contributed by atoms with E-state index in [1.807, 2.05) is 6.92 Å². The van der Waals surface area contributed by atoms with E-state index < -0.39 is 15.9 Å². The maximum atomic E-state index is 12.2. The summed E-state index contributed by atoms with van der Waals surface area (Å²) in [5, 5.41) is 2.99. The molecule has 0 aromatic rings. The highest BCUT2D eigenvalue weighted by atomic mass is 35.5. The third-order valence-corrected chi connectivity index (χ3v) is 5.90. The smallest absolute Gasteiger partial charge is 0.237 e. The molecule has 0 spiro atoms. The summed E-state index contributed by atoms with van der Waals surface area (Å²) >= 11 is 0. The molecule has 138 valence electrons. The van der Waals surface area contributed by atoms with Crippen LogP contribution in [0.25, 0.3) is 0 Å². The van der Waals surface area contributed by atoms with Crippen molar-refractivity contribution in [3.8, 4) is 0 Å². The van der Waals surface area contributed by atoms with Gasteiger partial charge >= 0.3 is 0 Å². The molecule has 1 aliphatic carbocycles. The summed E-state index contributed by atoms with van der Waals surface area (Å²) < 4.78 is 28.1. The van der Waals surface area contributed by atoms with Crippen LogP contribution in [0.4, 0.5) is 0 Å². The van der Waals surface area contributed by atoms with Crippen LogP contribution in [0.5, 0.6) is 0 Å². The zero-order valence-corrected chi connectivity index (χ0v) is 16.1. The highest BCUT2D eigenvalue weighted by Gasteiger charge is 2.53. The summed E-state index contributed by atoms with van der Waals surface area (Å²) in [4.78, 5) is 12.2. The van der Waals surface area contributed by atoms with Crippen molar-refractivity contribution in [1.29, 1.82) is 0 Å². The molecule has 1 aliphatic rings. The zero-order chi connectivity index (χ0) is 17.0. The second kappa shape index (κ2) is 9.20. The summed E-state index contributed by atoms with van der Waals surface area (Å²) in [7, 11) is -3.10. The number of hydrogen-bond donors (Lipinski definition) is 2. The fraction of sp³-hybridized carbons (Fsp3) is 0.933. The van der Waals surface area contributed by atoms with Gasteiger partial charge in [0.2, 0.25) is 5.91 Å². The highest BCUT2D eigenvalue weighted by molar-refractivity contribution is 7.90. The van der Waals surface area contributed by atoms with Crippen molar-refractivity contribution >= 4 is 28.2 Å². The third-order valence-electron chi connectivity index (χ3n) is 4.92. The lowest BCUT2D eigenvalue weighted by molar-refractivity contribution is -0.149. The summed E-state index contributed by atoms with van der Waals surface area (Å²) in [5.41, 5.74) is 5.77. The van der Waals surface area contributed by atoms with E-state index >= 15 is 0 Å². The predicted molar refractivity (Wildman–Crippen MR) is 94.5 cm³/mol. The van der Waals surface area contributed by atoms with E-state index in [1.54, 1.807) is 0 Å². The van der Waals surface area contributed by atoms with Crippen molar-refractivity contribution in [2.24, 2.45) is 11.1 Å². The van der Waals surface area contributed by atoms with Gasteiger partial charge in [-0.3, -0.25) is 4.79 Å². The van der Waals surface area contributed by atoms with E-state index in [1.165, 1.54) is 0 Å². The number of nitrogens with one attached hydrogen (secondary N) is 1. The lowest BCUT2D eigenvalue weighted by atomic mass is 9.58. The standard InChI is InChI=1S/C15H30N2O4S.ClH/c1-5-15(6-2)12(10-13(15)21-7-3)17-14(18)11(16)8-9-22(4,19)20;/h11-13H,5-10,16H2,1-4H3,(H,17,18);1H. The minimum Gasteiger partial charge on any atom is -0.378 e. The van der Waals surface area contributed by atoms with Crippen molar-refractivity contribution < 1.29 is 17.9 Å². The molecule has 3 unspecified atom stereocenters. The molecule has 0 aliphatic heterocycles. The first kappa shape index (κ1) is 22.6. The van der Waals surface area contributed by atoms with Crippen LogP contribution < -0.4 is 11.1 Å². The van der Waals surface area contributed by atoms with E-state index in [-0.39, 0.29) is 48.0 Å². The molecule has 1 saturated carbocycles. The van der Waals surface area contributed by atoms with Gasteiger partial charge in [-0.2, -0.15) is 0 Å². The van der Waals surface area contributed by atoms with Crippen molar-refractivity contribution in [3.63, 3.8) is 0 Å². The van der Waals surface area contributed by atoms with Gasteiger partial charge < -0.3 is 15.8 Å². The fourth-order valence-corrected chi connectivity index (χ4v) is 4.02. The van der Waals surface area contributed by atoms with Crippen molar-refractivity contribution in [1.82, 2.24) is 5.32 Å². The average Bonchev–Trinajstić information content (AvgIpc) is 2.44. The van der Waals surface area contributed by atoms with E-state index in [4.69, 9.17) is 10.5 Å². The van der Waals surface area contributed by atoms with Crippen LogP contribution in [0.15, 0.2) is 0 Å². The Kier molecular flexibility index (Phi) is 9.05. The molecule has 0 saturated heterocycles. The molecule has 1 amide bonds. The Labute approximate surface area is 146 Å². The molecule has 0 aromatic heterocycles. The molecule has 3 atom stereocenters. The molecule has 0 radical (unpaired) electrons. The third kappa shape index (κ3) is 5.59. The molecule has 0 bridgehead atoms. The van der Waals surface area contributed by atoms with Crippen LogP contribution in [0.3, 0.4) is 0 Å². The monoisotopic (exact) mass is 370 g/mol. The van der Waals surface area contributed by atoms with Crippen LogP contribution in [-0.2, 0) is 19.4 Å². The van der Waals surface area contributed by atoms with Crippen molar-refractivity contribution in [3.05, 3.63) is 0 Å². The van der Waals surface area contributed by atoms with E-state index in [0.29, 0.717) is 6.61 Å². The number of ether oxygens (including phenoxy) is 1. The highest BCUT2D eigenvalue weighted by Crippen LogP contribution is 2.48.